The normalized spacial score (nSPS) is 15.6. The molecule has 1 aliphatic rings. The third-order valence-corrected chi connectivity index (χ3v) is 3.12. The number of hydrogen-bond donors (Lipinski definition) is 1. The van der Waals surface area contributed by atoms with Crippen molar-refractivity contribution >= 4 is 22.9 Å². The summed E-state index contributed by atoms with van der Waals surface area (Å²) in [4.78, 5) is 26.5. The number of rotatable bonds is 3. The standard InChI is InChI=1S/C10H13N7O2/c1-16-8-7(13-15-16)9(12-5-11-8)17-3-6(4-17)10(18)14-19-2/h5-6H,3-4H2,1-2H3,(H,14,18). The van der Waals surface area contributed by atoms with Gasteiger partial charge in [0, 0.05) is 20.1 Å². The van der Waals surface area contributed by atoms with Crippen molar-refractivity contribution in [3.63, 3.8) is 0 Å². The smallest absolute Gasteiger partial charge is 0.250 e. The van der Waals surface area contributed by atoms with E-state index in [1.165, 1.54) is 13.4 Å². The van der Waals surface area contributed by atoms with Crippen molar-refractivity contribution in [2.75, 3.05) is 25.1 Å². The molecular weight excluding hydrogens is 250 g/mol. The lowest BCUT2D eigenvalue weighted by Gasteiger charge is -2.38. The predicted molar refractivity (Wildman–Crippen MR) is 65.0 cm³/mol. The fourth-order valence-corrected chi connectivity index (χ4v) is 2.07. The number of carbonyl (C=O) groups is 1. The highest BCUT2D eigenvalue weighted by molar-refractivity contribution is 5.86. The summed E-state index contributed by atoms with van der Waals surface area (Å²) in [6.45, 7) is 1.16. The molecule has 3 heterocycles. The van der Waals surface area contributed by atoms with Crippen LogP contribution in [0.5, 0.6) is 0 Å². The molecule has 2 aromatic rings. The minimum Gasteiger partial charge on any atom is -0.353 e. The fourth-order valence-electron chi connectivity index (χ4n) is 2.07. The summed E-state index contributed by atoms with van der Waals surface area (Å²) in [5.74, 6) is 0.490. The number of fused-ring (bicyclic) bond motifs is 1. The molecule has 9 heteroatoms. The van der Waals surface area contributed by atoms with Gasteiger partial charge in [-0.3, -0.25) is 9.63 Å². The minimum absolute atomic E-state index is 0.0957. The summed E-state index contributed by atoms with van der Waals surface area (Å²) in [6.07, 6.45) is 1.48. The van der Waals surface area contributed by atoms with E-state index in [2.05, 4.69) is 30.6 Å². The number of amides is 1. The number of hydrogen-bond acceptors (Lipinski definition) is 7. The van der Waals surface area contributed by atoms with Crippen LogP contribution >= 0.6 is 0 Å². The van der Waals surface area contributed by atoms with Gasteiger partial charge in [0.25, 0.3) is 0 Å². The number of aryl methyl sites for hydroxylation is 1. The molecular formula is C10H13N7O2. The van der Waals surface area contributed by atoms with E-state index in [-0.39, 0.29) is 11.8 Å². The van der Waals surface area contributed by atoms with Crippen LogP contribution in [0, 0.1) is 5.92 Å². The summed E-state index contributed by atoms with van der Waals surface area (Å²) in [7, 11) is 3.19. The molecule has 3 rings (SSSR count). The number of nitrogens with zero attached hydrogens (tertiary/aromatic N) is 6. The van der Waals surface area contributed by atoms with Crippen LogP contribution in [0.1, 0.15) is 0 Å². The van der Waals surface area contributed by atoms with Gasteiger partial charge in [-0.25, -0.2) is 20.1 Å². The van der Waals surface area contributed by atoms with Gasteiger partial charge in [-0.1, -0.05) is 5.21 Å². The van der Waals surface area contributed by atoms with E-state index in [0.29, 0.717) is 30.1 Å². The van der Waals surface area contributed by atoms with Crippen LogP contribution in [0.3, 0.4) is 0 Å². The molecule has 19 heavy (non-hydrogen) atoms. The van der Waals surface area contributed by atoms with E-state index in [4.69, 9.17) is 0 Å². The Kier molecular flexibility index (Phi) is 2.75. The third kappa shape index (κ3) is 1.87. The van der Waals surface area contributed by atoms with Crippen molar-refractivity contribution in [1.82, 2.24) is 30.4 Å². The molecule has 0 radical (unpaired) electrons. The van der Waals surface area contributed by atoms with Crippen LogP contribution in [0.25, 0.3) is 11.2 Å². The van der Waals surface area contributed by atoms with E-state index < -0.39 is 0 Å². The second kappa shape index (κ2) is 4.43. The zero-order chi connectivity index (χ0) is 13.4. The topological polar surface area (TPSA) is 98.1 Å². The van der Waals surface area contributed by atoms with Crippen molar-refractivity contribution in [3.8, 4) is 0 Å². The highest BCUT2D eigenvalue weighted by Crippen LogP contribution is 2.27. The molecule has 0 atom stereocenters. The summed E-state index contributed by atoms with van der Waals surface area (Å²) < 4.78 is 1.59. The Morgan fingerprint density at radius 1 is 1.47 bits per heavy atom. The van der Waals surface area contributed by atoms with Crippen molar-refractivity contribution in [1.29, 1.82) is 0 Å². The molecule has 0 aromatic carbocycles. The third-order valence-electron chi connectivity index (χ3n) is 3.12. The average Bonchev–Trinajstić information content (AvgIpc) is 2.71. The molecule has 0 unspecified atom stereocenters. The van der Waals surface area contributed by atoms with Crippen LogP contribution in [-0.4, -0.2) is 51.1 Å². The molecule has 0 saturated carbocycles. The van der Waals surface area contributed by atoms with Crippen LogP contribution in [-0.2, 0) is 16.7 Å². The maximum atomic E-state index is 11.5. The Morgan fingerprint density at radius 2 is 2.26 bits per heavy atom. The first kappa shape index (κ1) is 11.8. The summed E-state index contributed by atoms with van der Waals surface area (Å²) in [5.41, 5.74) is 3.65. The van der Waals surface area contributed by atoms with E-state index in [9.17, 15) is 4.79 Å². The van der Waals surface area contributed by atoms with Gasteiger partial charge in [-0.2, -0.15) is 0 Å². The van der Waals surface area contributed by atoms with Gasteiger partial charge in [-0.05, 0) is 0 Å². The second-order valence-electron chi connectivity index (χ2n) is 4.35. The Morgan fingerprint density at radius 3 is 3.00 bits per heavy atom. The lowest BCUT2D eigenvalue weighted by molar-refractivity contribution is -0.136. The lowest BCUT2D eigenvalue weighted by Crippen LogP contribution is -2.54. The van der Waals surface area contributed by atoms with Crippen LogP contribution in [0.2, 0.25) is 0 Å². The van der Waals surface area contributed by atoms with Gasteiger partial charge in [0.15, 0.2) is 17.0 Å². The summed E-state index contributed by atoms with van der Waals surface area (Å²) >= 11 is 0. The molecule has 0 spiro atoms. The fraction of sp³-hybridized carbons (Fsp3) is 0.500. The Hall–Kier alpha value is -2.29. The molecule has 9 nitrogen and oxygen atoms in total. The zero-order valence-corrected chi connectivity index (χ0v) is 10.6. The average molecular weight is 263 g/mol. The van der Waals surface area contributed by atoms with Gasteiger partial charge in [-0.15, -0.1) is 5.10 Å². The first-order chi connectivity index (χ1) is 9.20. The monoisotopic (exact) mass is 263 g/mol. The molecule has 2 aromatic heterocycles. The van der Waals surface area contributed by atoms with Gasteiger partial charge < -0.3 is 4.90 Å². The Labute approximate surface area is 108 Å². The SMILES string of the molecule is CONC(=O)C1CN(c2ncnc3c2nnn3C)C1. The predicted octanol–water partition coefficient (Wildman–Crippen LogP) is -1.13. The van der Waals surface area contributed by atoms with Crippen molar-refractivity contribution < 1.29 is 9.63 Å². The van der Waals surface area contributed by atoms with E-state index in [0.717, 1.165) is 0 Å². The highest BCUT2D eigenvalue weighted by atomic mass is 16.6. The quantitative estimate of drug-likeness (QED) is 0.700. The molecule has 0 bridgehead atoms. The van der Waals surface area contributed by atoms with Gasteiger partial charge >= 0.3 is 0 Å². The number of aromatic nitrogens is 5. The van der Waals surface area contributed by atoms with Crippen molar-refractivity contribution in [3.05, 3.63) is 6.33 Å². The number of nitrogens with one attached hydrogen (secondary N) is 1. The molecule has 1 saturated heterocycles. The van der Waals surface area contributed by atoms with E-state index in [1.807, 2.05) is 4.90 Å². The summed E-state index contributed by atoms with van der Waals surface area (Å²) in [5, 5.41) is 7.97. The number of hydroxylamine groups is 1. The lowest BCUT2D eigenvalue weighted by atomic mass is 9.99. The molecule has 0 aliphatic carbocycles. The molecule has 1 aliphatic heterocycles. The van der Waals surface area contributed by atoms with Gasteiger partial charge in [0.1, 0.15) is 6.33 Å². The first-order valence-electron chi connectivity index (χ1n) is 5.79. The van der Waals surface area contributed by atoms with Crippen molar-refractivity contribution in [2.24, 2.45) is 13.0 Å². The van der Waals surface area contributed by atoms with Gasteiger partial charge in [0.2, 0.25) is 5.91 Å². The molecule has 1 N–H and O–H groups in total. The zero-order valence-electron chi connectivity index (χ0n) is 10.6. The number of anilines is 1. The first-order valence-corrected chi connectivity index (χ1v) is 5.79. The van der Waals surface area contributed by atoms with Crippen LogP contribution < -0.4 is 10.4 Å². The maximum Gasteiger partial charge on any atom is 0.250 e. The number of carbonyl (C=O) groups excluding carboxylic acids is 1. The minimum atomic E-state index is -0.122. The largest absolute Gasteiger partial charge is 0.353 e. The Balaban J connectivity index is 1.79. The van der Waals surface area contributed by atoms with Crippen molar-refractivity contribution in [2.45, 2.75) is 0 Å². The molecule has 1 fully saturated rings. The second-order valence-corrected chi connectivity index (χ2v) is 4.35. The van der Waals surface area contributed by atoms with Gasteiger partial charge in [0.05, 0.1) is 13.0 Å². The molecule has 100 valence electrons. The van der Waals surface area contributed by atoms with E-state index >= 15 is 0 Å². The van der Waals surface area contributed by atoms with Crippen LogP contribution in [0.4, 0.5) is 5.82 Å². The summed E-state index contributed by atoms with van der Waals surface area (Å²) in [6, 6.07) is 0. The van der Waals surface area contributed by atoms with E-state index in [1.54, 1.807) is 11.7 Å². The van der Waals surface area contributed by atoms with Crippen LogP contribution in [0.15, 0.2) is 6.33 Å². The Bertz CT molecular complexity index is 619. The molecule has 1 amide bonds. The maximum absolute atomic E-state index is 11.5. The highest BCUT2D eigenvalue weighted by Gasteiger charge is 2.35.